The Morgan fingerprint density at radius 1 is 1.59 bits per heavy atom. The fourth-order valence-corrected chi connectivity index (χ4v) is 1.85. The molecule has 1 aromatic rings. The lowest BCUT2D eigenvalue weighted by Gasteiger charge is -2.13. The van der Waals surface area contributed by atoms with Gasteiger partial charge < -0.3 is 16.2 Å². The van der Waals surface area contributed by atoms with Crippen LogP contribution in [0, 0.1) is 6.92 Å². The molecule has 17 heavy (non-hydrogen) atoms. The molecule has 0 radical (unpaired) electrons. The number of phenolic OH excluding ortho intramolecular Hbond substituents is 1. The zero-order chi connectivity index (χ0) is 12.8. The van der Waals surface area contributed by atoms with Crippen molar-refractivity contribution in [1.29, 1.82) is 0 Å². The lowest BCUT2D eigenvalue weighted by atomic mass is 10.1. The van der Waals surface area contributed by atoms with Crippen LogP contribution in [0.2, 0.25) is 0 Å². The fraction of sp³-hybridized carbons (Fsp3) is 0.417. The van der Waals surface area contributed by atoms with Crippen LogP contribution in [0.5, 0.6) is 5.75 Å². The summed E-state index contributed by atoms with van der Waals surface area (Å²) in [5.74, 6) is 0.673. The summed E-state index contributed by atoms with van der Waals surface area (Å²) < 4.78 is 0. The Morgan fingerprint density at radius 2 is 2.29 bits per heavy atom. The average Bonchev–Trinajstić information content (AvgIpc) is 2.31. The molecule has 5 heteroatoms. The number of nitrogens with two attached hydrogens (primary N) is 1. The van der Waals surface area contributed by atoms with Gasteiger partial charge in [-0.05, 0) is 37.0 Å². The normalized spacial score (nSPS) is 12.2. The Kier molecular flexibility index (Phi) is 5.31. The predicted molar refractivity (Wildman–Crippen MR) is 72.4 cm³/mol. The molecule has 0 spiro atoms. The number of amides is 1. The van der Waals surface area contributed by atoms with Crippen molar-refractivity contribution in [3.8, 4) is 5.75 Å². The van der Waals surface area contributed by atoms with Gasteiger partial charge in [-0.15, -0.1) is 0 Å². The summed E-state index contributed by atoms with van der Waals surface area (Å²) in [6.45, 7) is 1.78. The van der Waals surface area contributed by atoms with Crippen molar-refractivity contribution in [1.82, 2.24) is 0 Å². The third kappa shape index (κ3) is 3.94. The average molecular weight is 254 g/mol. The van der Waals surface area contributed by atoms with E-state index in [0.29, 0.717) is 12.1 Å². The molecule has 1 atom stereocenters. The number of para-hydroxylation sites is 1. The first kappa shape index (κ1) is 13.9. The first-order valence-corrected chi connectivity index (χ1v) is 6.79. The number of aromatic hydroxyl groups is 1. The number of phenols is 1. The van der Waals surface area contributed by atoms with Crippen LogP contribution in [0.25, 0.3) is 0 Å². The third-order valence-electron chi connectivity index (χ3n) is 2.47. The summed E-state index contributed by atoms with van der Waals surface area (Å²) in [7, 11) is 0. The molecule has 0 unspecified atom stereocenters. The molecule has 4 N–H and O–H groups in total. The maximum absolute atomic E-state index is 11.7. The second-order valence-corrected chi connectivity index (χ2v) is 4.83. The number of rotatable bonds is 5. The minimum absolute atomic E-state index is 0.0953. The van der Waals surface area contributed by atoms with Gasteiger partial charge in [-0.25, -0.2) is 0 Å². The van der Waals surface area contributed by atoms with Crippen molar-refractivity contribution < 1.29 is 9.90 Å². The molecule has 94 valence electrons. The predicted octanol–water partition coefficient (Wildman–Crippen LogP) is 1.72. The molecule has 4 nitrogen and oxygen atoms in total. The van der Waals surface area contributed by atoms with Gasteiger partial charge in [0.25, 0.3) is 0 Å². The van der Waals surface area contributed by atoms with Crippen LogP contribution in [0.1, 0.15) is 12.0 Å². The van der Waals surface area contributed by atoms with Gasteiger partial charge in [-0.2, -0.15) is 11.8 Å². The summed E-state index contributed by atoms with van der Waals surface area (Å²) in [6.07, 6.45) is 2.59. The molecule has 0 heterocycles. The van der Waals surface area contributed by atoms with Crippen LogP contribution in [0.3, 0.4) is 0 Å². The highest BCUT2D eigenvalue weighted by Gasteiger charge is 2.14. The van der Waals surface area contributed by atoms with Crippen molar-refractivity contribution in [2.45, 2.75) is 19.4 Å². The van der Waals surface area contributed by atoms with E-state index < -0.39 is 6.04 Å². The van der Waals surface area contributed by atoms with Gasteiger partial charge >= 0.3 is 0 Å². The number of aryl methyl sites for hydroxylation is 1. The van der Waals surface area contributed by atoms with Crippen molar-refractivity contribution >= 4 is 23.4 Å². The highest BCUT2D eigenvalue weighted by Crippen LogP contribution is 2.26. The van der Waals surface area contributed by atoms with Gasteiger partial charge in [-0.3, -0.25) is 4.79 Å². The molecular weight excluding hydrogens is 236 g/mol. The minimum atomic E-state index is -0.539. The van der Waals surface area contributed by atoms with Crippen LogP contribution in [-0.2, 0) is 4.79 Å². The Morgan fingerprint density at radius 3 is 2.94 bits per heavy atom. The zero-order valence-electron chi connectivity index (χ0n) is 10.1. The molecule has 1 rings (SSSR count). The van der Waals surface area contributed by atoms with E-state index in [4.69, 9.17) is 5.73 Å². The number of nitrogens with one attached hydrogen (secondary N) is 1. The summed E-state index contributed by atoms with van der Waals surface area (Å²) in [5.41, 5.74) is 6.87. The summed E-state index contributed by atoms with van der Waals surface area (Å²) in [6, 6.07) is 4.67. The molecule has 1 aromatic carbocycles. The smallest absolute Gasteiger partial charge is 0.241 e. The zero-order valence-corrected chi connectivity index (χ0v) is 10.9. The van der Waals surface area contributed by atoms with Gasteiger partial charge in [-0.1, -0.05) is 12.1 Å². The van der Waals surface area contributed by atoms with Crippen LogP contribution >= 0.6 is 11.8 Å². The molecule has 0 saturated heterocycles. The second kappa shape index (κ2) is 6.51. The molecule has 0 aliphatic heterocycles. The van der Waals surface area contributed by atoms with Crippen LogP contribution in [-0.4, -0.2) is 29.1 Å². The highest BCUT2D eigenvalue weighted by atomic mass is 32.2. The van der Waals surface area contributed by atoms with Crippen LogP contribution in [0.15, 0.2) is 18.2 Å². The number of anilines is 1. The van der Waals surface area contributed by atoms with Crippen LogP contribution < -0.4 is 11.1 Å². The third-order valence-corrected chi connectivity index (χ3v) is 3.11. The standard InChI is InChI=1S/C12H18N2O2S/c1-8-4-3-5-10(11(8)15)14-12(16)9(13)6-7-17-2/h3-5,9,15H,6-7,13H2,1-2H3,(H,14,16)/t9-/m1/s1. The van der Waals surface area contributed by atoms with Crippen molar-refractivity contribution in [3.63, 3.8) is 0 Å². The molecule has 0 aliphatic rings. The number of hydrogen-bond acceptors (Lipinski definition) is 4. The Balaban J connectivity index is 2.64. The molecule has 1 amide bonds. The van der Waals surface area contributed by atoms with E-state index in [0.717, 1.165) is 11.3 Å². The van der Waals surface area contributed by atoms with Gasteiger partial charge in [0, 0.05) is 0 Å². The van der Waals surface area contributed by atoms with Gasteiger partial charge in [0.1, 0.15) is 5.75 Å². The van der Waals surface area contributed by atoms with E-state index in [1.165, 1.54) is 0 Å². The van der Waals surface area contributed by atoms with Crippen molar-refractivity contribution in [2.24, 2.45) is 5.73 Å². The van der Waals surface area contributed by atoms with E-state index >= 15 is 0 Å². The van der Waals surface area contributed by atoms with Gasteiger partial charge in [0.05, 0.1) is 11.7 Å². The lowest BCUT2D eigenvalue weighted by Crippen LogP contribution is -2.36. The number of carbonyl (C=O) groups excluding carboxylic acids is 1. The monoisotopic (exact) mass is 254 g/mol. The molecule has 0 fully saturated rings. The van der Waals surface area contributed by atoms with Gasteiger partial charge in [0.2, 0.25) is 5.91 Å². The maximum Gasteiger partial charge on any atom is 0.241 e. The molecule has 0 bridgehead atoms. The largest absolute Gasteiger partial charge is 0.505 e. The molecular formula is C12H18N2O2S. The number of carbonyl (C=O) groups is 1. The Labute approximate surface area is 106 Å². The quantitative estimate of drug-likeness (QED) is 0.699. The molecule has 0 aromatic heterocycles. The Bertz CT molecular complexity index is 396. The second-order valence-electron chi connectivity index (χ2n) is 3.85. The van der Waals surface area contributed by atoms with Crippen LogP contribution in [0.4, 0.5) is 5.69 Å². The van der Waals surface area contributed by atoms with Gasteiger partial charge in [0.15, 0.2) is 0 Å². The van der Waals surface area contributed by atoms with E-state index in [2.05, 4.69) is 5.32 Å². The summed E-state index contributed by atoms with van der Waals surface area (Å²) in [5, 5.41) is 12.4. The summed E-state index contributed by atoms with van der Waals surface area (Å²) in [4.78, 5) is 11.7. The topological polar surface area (TPSA) is 75.4 Å². The summed E-state index contributed by atoms with van der Waals surface area (Å²) >= 11 is 1.65. The number of hydrogen-bond donors (Lipinski definition) is 3. The SMILES string of the molecule is CSCC[C@@H](N)C(=O)Nc1cccc(C)c1O. The number of thioether (sulfide) groups is 1. The van der Waals surface area contributed by atoms with E-state index in [1.807, 2.05) is 6.26 Å². The van der Waals surface area contributed by atoms with E-state index in [9.17, 15) is 9.90 Å². The number of benzene rings is 1. The molecule has 0 aliphatic carbocycles. The van der Waals surface area contributed by atoms with Crippen molar-refractivity contribution in [3.05, 3.63) is 23.8 Å². The van der Waals surface area contributed by atoms with Crippen molar-refractivity contribution in [2.75, 3.05) is 17.3 Å². The van der Waals surface area contributed by atoms with E-state index in [-0.39, 0.29) is 11.7 Å². The first-order chi connectivity index (χ1) is 8.06. The maximum atomic E-state index is 11.7. The minimum Gasteiger partial charge on any atom is -0.505 e. The lowest BCUT2D eigenvalue weighted by molar-refractivity contribution is -0.117. The van der Waals surface area contributed by atoms with E-state index in [1.54, 1.807) is 36.9 Å². The fourth-order valence-electron chi connectivity index (χ4n) is 1.36. The first-order valence-electron chi connectivity index (χ1n) is 5.40. The Hall–Kier alpha value is -1.20. The highest BCUT2D eigenvalue weighted by molar-refractivity contribution is 7.98. The molecule has 0 saturated carbocycles.